The maximum atomic E-state index is 10.8. The molecule has 11 heavy (non-hydrogen) atoms. The van der Waals surface area contributed by atoms with Crippen LogP contribution in [0.4, 0.5) is 0 Å². The van der Waals surface area contributed by atoms with E-state index < -0.39 is 5.97 Å². The van der Waals surface area contributed by atoms with Gasteiger partial charge in [0.1, 0.15) is 0 Å². The lowest BCUT2D eigenvalue weighted by atomic mass is 9.79. The number of hydrogen-bond acceptors (Lipinski definition) is 1. The summed E-state index contributed by atoms with van der Waals surface area (Å²) in [7, 11) is 0. The lowest BCUT2D eigenvalue weighted by Crippen LogP contribution is -2.28. The van der Waals surface area contributed by atoms with E-state index in [2.05, 4.69) is 13.8 Å². The Morgan fingerprint density at radius 1 is 1.55 bits per heavy atom. The Balaban J connectivity index is 2.80. The van der Waals surface area contributed by atoms with E-state index >= 15 is 0 Å². The molecule has 0 aromatic rings. The topological polar surface area (TPSA) is 37.3 Å². The summed E-state index contributed by atoms with van der Waals surface area (Å²) in [6, 6.07) is 0. The van der Waals surface area contributed by atoms with E-state index in [0.717, 1.165) is 12.8 Å². The second kappa shape index (κ2) is 2.50. The lowest BCUT2D eigenvalue weighted by molar-refractivity contribution is -0.146. The van der Waals surface area contributed by atoms with Gasteiger partial charge in [-0.3, -0.25) is 4.79 Å². The second-order valence-electron chi connectivity index (χ2n) is 4.32. The van der Waals surface area contributed by atoms with E-state index in [9.17, 15) is 4.79 Å². The zero-order chi connectivity index (χ0) is 8.65. The SMILES string of the molecule is CC1CCC(C)(C)C1C(=O)O. The Morgan fingerprint density at radius 2 is 2.09 bits per heavy atom. The average Bonchev–Trinajstić information content (AvgIpc) is 2.06. The molecule has 0 aromatic carbocycles. The number of aliphatic carboxylic acids is 1. The third-order valence-corrected chi connectivity index (χ3v) is 2.92. The van der Waals surface area contributed by atoms with Gasteiger partial charge in [0.15, 0.2) is 0 Å². The van der Waals surface area contributed by atoms with Gasteiger partial charge in [0.2, 0.25) is 0 Å². The Labute approximate surface area is 67.6 Å². The summed E-state index contributed by atoms with van der Waals surface area (Å²) < 4.78 is 0. The molecule has 1 rings (SSSR count). The van der Waals surface area contributed by atoms with Crippen molar-refractivity contribution in [2.24, 2.45) is 17.3 Å². The van der Waals surface area contributed by atoms with Crippen molar-refractivity contribution in [3.05, 3.63) is 0 Å². The Bertz CT molecular complexity index is 172. The van der Waals surface area contributed by atoms with Gasteiger partial charge in [-0.1, -0.05) is 20.8 Å². The molecule has 1 aliphatic carbocycles. The molecule has 2 unspecified atom stereocenters. The van der Waals surface area contributed by atoms with E-state index in [1.54, 1.807) is 0 Å². The minimum absolute atomic E-state index is 0.00521. The van der Waals surface area contributed by atoms with Gasteiger partial charge in [0.25, 0.3) is 0 Å². The van der Waals surface area contributed by atoms with Crippen LogP contribution in [-0.4, -0.2) is 11.1 Å². The van der Waals surface area contributed by atoms with Crippen LogP contribution in [0.3, 0.4) is 0 Å². The highest BCUT2D eigenvalue weighted by Gasteiger charge is 2.44. The first-order valence-electron chi connectivity index (χ1n) is 4.18. The van der Waals surface area contributed by atoms with E-state index in [1.807, 2.05) is 6.92 Å². The van der Waals surface area contributed by atoms with Gasteiger partial charge in [-0.05, 0) is 24.2 Å². The molecule has 0 aliphatic heterocycles. The fourth-order valence-corrected chi connectivity index (χ4v) is 2.27. The van der Waals surface area contributed by atoms with Crippen molar-refractivity contribution in [2.75, 3.05) is 0 Å². The molecule has 0 amide bonds. The smallest absolute Gasteiger partial charge is 0.307 e. The molecule has 1 fully saturated rings. The van der Waals surface area contributed by atoms with Gasteiger partial charge in [0, 0.05) is 0 Å². The van der Waals surface area contributed by atoms with Crippen molar-refractivity contribution >= 4 is 5.97 Å². The standard InChI is InChI=1S/C9H16O2/c1-6-4-5-9(2,3)7(6)8(10)11/h6-7H,4-5H2,1-3H3,(H,10,11). The van der Waals surface area contributed by atoms with Crippen molar-refractivity contribution in [2.45, 2.75) is 33.6 Å². The Kier molecular flexibility index (Phi) is 1.95. The lowest BCUT2D eigenvalue weighted by Gasteiger charge is -2.25. The second-order valence-corrected chi connectivity index (χ2v) is 4.32. The Hall–Kier alpha value is -0.530. The molecule has 1 saturated carbocycles. The van der Waals surface area contributed by atoms with Crippen LogP contribution in [0.5, 0.6) is 0 Å². The van der Waals surface area contributed by atoms with Crippen molar-refractivity contribution in [1.82, 2.24) is 0 Å². The summed E-state index contributed by atoms with van der Waals surface area (Å²) in [6.07, 6.45) is 2.11. The maximum Gasteiger partial charge on any atom is 0.307 e. The molecule has 0 saturated heterocycles. The summed E-state index contributed by atoms with van der Waals surface area (Å²) in [5.41, 5.74) is 0.00521. The minimum atomic E-state index is -0.625. The molecular formula is C9H16O2. The number of carboxylic acid groups (broad SMARTS) is 1. The van der Waals surface area contributed by atoms with Crippen LogP contribution in [0.15, 0.2) is 0 Å². The highest BCUT2D eigenvalue weighted by Crippen LogP contribution is 2.46. The molecule has 64 valence electrons. The van der Waals surface area contributed by atoms with E-state index in [4.69, 9.17) is 5.11 Å². The predicted octanol–water partition coefficient (Wildman–Crippen LogP) is 2.14. The van der Waals surface area contributed by atoms with Gasteiger partial charge in [-0.15, -0.1) is 0 Å². The van der Waals surface area contributed by atoms with Gasteiger partial charge >= 0.3 is 5.97 Å². The van der Waals surface area contributed by atoms with Crippen LogP contribution in [0.25, 0.3) is 0 Å². The molecule has 1 N–H and O–H groups in total. The molecule has 0 spiro atoms. The predicted molar refractivity (Wildman–Crippen MR) is 43.3 cm³/mol. The number of rotatable bonds is 1. The van der Waals surface area contributed by atoms with Crippen LogP contribution in [-0.2, 0) is 4.79 Å². The molecule has 1 aliphatic rings. The van der Waals surface area contributed by atoms with Gasteiger partial charge < -0.3 is 5.11 Å². The number of carboxylic acids is 1. The van der Waals surface area contributed by atoms with Gasteiger partial charge in [-0.25, -0.2) is 0 Å². The fourth-order valence-electron chi connectivity index (χ4n) is 2.27. The zero-order valence-electron chi connectivity index (χ0n) is 7.42. The molecule has 2 atom stereocenters. The first kappa shape index (κ1) is 8.57. The molecule has 0 radical (unpaired) electrons. The zero-order valence-corrected chi connectivity index (χ0v) is 7.42. The molecular weight excluding hydrogens is 140 g/mol. The van der Waals surface area contributed by atoms with Crippen LogP contribution < -0.4 is 0 Å². The van der Waals surface area contributed by atoms with Gasteiger partial charge in [-0.2, -0.15) is 0 Å². The fraction of sp³-hybridized carbons (Fsp3) is 0.889. The largest absolute Gasteiger partial charge is 0.481 e. The molecule has 2 heteroatoms. The van der Waals surface area contributed by atoms with E-state index in [-0.39, 0.29) is 11.3 Å². The molecule has 0 heterocycles. The van der Waals surface area contributed by atoms with Crippen LogP contribution in [0.1, 0.15) is 33.6 Å². The van der Waals surface area contributed by atoms with E-state index in [1.165, 1.54) is 0 Å². The van der Waals surface area contributed by atoms with Crippen molar-refractivity contribution in [3.63, 3.8) is 0 Å². The molecule has 2 nitrogen and oxygen atoms in total. The molecule has 0 bridgehead atoms. The molecule has 0 aromatic heterocycles. The van der Waals surface area contributed by atoms with Crippen molar-refractivity contribution < 1.29 is 9.90 Å². The first-order valence-corrected chi connectivity index (χ1v) is 4.18. The summed E-state index contributed by atoms with van der Waals surface area (Å²) in [4.78, 5) is 10.8. The normalized spacial score (nSPS) is 35.5. The van der Waals surface area contributed by atoms with E-state index in [0.29, 0.717) is 5.92 Å². The van der Waals surface area contributed by atoms with Crippen LogP contribution in [0.2, 0.25) is 0 Å². The van der Waals surface area contributed by atoms with Crippen LogP contribution in [0, 0.1) is 17.3 Å². The average molecular weight is 156 g/mol. The first-order chi connectivity index (χ1) is 4.95. The number of hydrogen-bond donors (Lipinski definition) is 1. The maximum absolute atomic E-state index is 10.8. The summed E-state index contributed by atoms with van der Waals surface area (Å²) in [5, 5.41) is 8.92. The van der Waals surface area contributed by atoms with Crippen molar-refractivity contribution in [1.29, 1.82) is 0 Å². The summed E-state index contributed by atoms with van der Waals surface area (Å²) in [5.74, 6) is -0.412. The minimum Gasteiger partial charge on any atom is -0.481 e. The monoisotopic (exact) mass is 156 g/mol. The summed E-state index contributed by atoms with van der Waals surface area (Å²) in [6.45, 7) is 6.14. The number of carbonyl (C=O) groups is 1. The Morgan fingerprint density at radius 3 is 2.27 bits per heavy atom. The van der Waals surface area contributed by atoms with Crippen molar-refractivity contribution in [3.8, 4) is 0 Å². The highest BCUT2D eigenvalue weighted by atomic mass is 16.4. The third-order valence-electron chi connectivity index (χ3n) is 2.92. The highest BCUT2D eigenvalue weighted by molar-refractivity contribution is 5.71. The third kappa shape index (κ3) is 1.39. The summed E-state index contributed by atoms with van der Waals surface area (Å²) >= 11 is 0. The quantitative estimate of drug-likeness (QED) is 0.631. The van der Waals surface area contributed by atoms with Crippen LogP contribution >= 0.6 is 0 Å². The van der Waals surface area contributed by atoms with Gasteiger partial charge in [0.05, 0.1) is 5.92 Å².